The van der Waals surface area contributed by atoms with Crippen LogP contribution < -0.4 is 4.72 Å². The first-order chi connectivity index (χ1) is 7.68. The summed E-state index contributed by atoms with van der Waals surface area (Å²) in [6.07, 6.45) is 3.25. The van der Waals surface area contributed by atoms with Gasteiger partial charge >= 0.3 is 0 Å². The first-order valence-corrected chi connectivity index (χ1v) is 6.73. The number of nitrogens with zero attached hydrogens (tertiary/aromatic N) is 1. The standard InChI is InChI=1S/C9H15N3O3S/c13-16(14,9-2-4-10-12-9)11-5-1-8-3-6-15-7-8/h2,4,8,11H,1,3,5-7H2,(H,10,12). The van der Waals surface area contributed by atoms with Crippen molar-refractivity contribution < 1.29 is 13.2 Å². The molecule has 2 N–H and O–H groups in total. The maximum absolute atomic E-state index is 11.7. The fourth-order valence-electron chi connectivity index (χ4n) is 1.68. The molecular formula is C9H15N3O3S. The van der Waals surface area contributed by atoms with Crippen LogP contribution in [0.5, 0.6) is 0 Å². The summed E-state index contributed by atoms with van der Waals surface area (Å²) in [5.74, 6) is 0.476. The van der Waals surface area contributed by atoms with Crippen molar-refractivity contribution in [3.63, 3.8) is 0 Å². The van der Waals surface area contributed by atoms with Gasteiger partial charge in [0.05, 0.1) is 6.20 Å². The topological polar surface area (TPSA) is 84.1 Å². The molecule has 1 fully saturated rings. The van der Waals surface area contributed by atoms with E-state index in [1.165, 1.54) is 12.3 Å². The van der Waals surface area contributed by atoms with E-state index >= 15 is 0 Å². The van der Waals surface area contributed by atoms with Crippen LogP contribution in [0.4, 0.5) is 0 Å². The van der Waals surface area contributed by atoms with E-state index < -0.39 is 10.0 Å². The summed E-state index contributed by atoms with van der Waals surface area (Å²) < 4.78 is 31.1. The number of H-pyrrole nitrogens is 1. The Labute approximate surface area is 94.4 Å². The highest BCUT2D eigenvalue weighted by Crippen LogP contribution is 2.15. The van der Waals surface area contributed by atoms with Gasteiger partial charge in [-0.2, -0.15) is 5.10 Å². The first kappa shape index (κ1) is 11.6. The van der Waals surface area contributed by atoms with Gasteiger partial charge in [0.1, 0.15) is 0 Å². The lowest BCUT2D eigenvalue weighted by Gasteiger charge is -2.08. The van der Waals surface area contributed by atoms with E-state index in [9.17, 15) is 8.42 Å². The molecule has 0 bridgehead atoms. The predicted octanol–water partition coefficient (Wildman–Crippen LogP) is 0.115. The summed E-state index contributed by atoms with van der Waals surface area (Å²) in [4.78, 5) is 0. The average molecular weight is 245 g/mol. The van der Waals surface area contributed by atoms with Gasteiger partial charge in [-0.05, 0) is 24.8 Å². The number of rotatable bonds is 5. The van der Waals surface area contributed by atoms with E-state index in [1.54, 1.807) is 0 Å². The second-order valence-corrected chi connectivity index (χ2v) is 5.57. The van der Waals surface area contributed by atoms with E-state index in [2.05, 4.69) is 14.9 Å². The molecule has 0 radical (unpaired) electrons. The SMILES string of the molecule is O=S(=O)(NCCC1CCOC1)c1ccn[nH]1. The lowest BCUT2D eigenvalue weighted by Crippen LogP contribution is -2.26. The Balaban J connectivity index is 1.81. The molecule has 2 rings (SSSR count). The van der Waals surface area contributed by atoms with Gasteiger partial charge in [0.2, 0.25) is 0 Å². The lowest BCUT2D eigenvalue weighted by atomic mass is 10.1. The minimum Gasteiger partial charge on any atom is -0.381 e. The van der Waals surface area contributed by atoms with Crippen molar-refractivity contribution in [3.8, 4) is 0 Å². The number of aromatic nitrogens is 2. The largest absolute Gasteiger partial charge is 0.381 e. The molecule has 1 aliphatic rings. The minimum absolute atomic E-state index is 0.107. The van der Waals surface area contributed by atoms with Gasteiger partial charge < -0.3 is 4.74 Å². The number of ether oxygens (including phenoxy) is 1. The van der Waals surface area contributed by atoms with Crippen LogP contribution >= 0.6 is 0 Å². The molecule has 1 saturated heterocycles. The van der Waals surface area contributed by atoms with Crippen LogP contribution in [0.1, 0.15) is 12.8 Å². The molecule has 1 aliphatic heterocycles. The zero-order valence-corrected chi connectivity index (χ0v) is 9.66. The summed E-state index contributed by atoms with van der Waals surface area (Å²) in [5, 5.41) is 6.15. The number of aromatic amines is 1. The predicted molar refractivity (Wildman–Crippen MR) is 57.3 cm³/mol. The smallest absolute Gasteiger partial charge is 0.257 e. The molecule has 7 heteroatoms. The van der Waals surface area contributed by atoms with Crippen LogP contribution in [-0.2, 0) is 14.8 Å². The zero-order valence-electron chi connectivity index (χ0n) is 8.85. The maximum atomic E-state index is 11.7. The summed E-state index contributed by atoms with van der Waals surface area (Å²) >= 11 is 0. The Bertz CT molecular complexity index is 409. The van der Waals surface area contributed by atoms with Crippen LogP contribution in [-0.4, -0.2) is 38.4 Å². The number of hydrogen-bond acceptors (Lipinski definition) is 4. The molecule has 0 spiro atoms. The Morgan fingerprint density at radius 1 is 1.62 bits per heavy atom. The van der Waals surface area contributed by atoms with Gasteiger partial charge in [0.25, 0.3) is 10.0 Å². The van der Waals surface area contributed by atoms with Crippen LogP contribution in [0.25, 0.3) is 0 Å². The Kier molecular flexibility index (Phi) is 3.57. The van der Waals surface area contributed by atoms with E-state index in [0.717, 1.165) is 26.1 Å². The normalized spacial score (nSPS) is 21.4. The van der Waals surface area contributed by atoms with Crippen LogP contribution in [0.15, 0.2) is 17.3 Å². The Morgan fingerprint density at radius 2 is 2.50 bits per heavy atom. The minimum atomic E-state index is -3.42. The van der Waals surface area contributed by atoms with Gasteiger partial charge in [-0.15, -0.1) is 0 Å². The van der Waals surface area contributed by atoms with E-state index in [0.29, 0.717) is 12.5 Å². The van der Waals surface area contributed by atoms with Crippen molar-refractivity contribution in [2.24, 2.45) is 5.92 Å². The van der Waals surface area contributed by atoms with Crippen molar-refractivity contribution in [2.75, 3.05) is 19.8 Å². The van der Waals surface area contributed by atoms with E-state index in [-0.39, 0.29) is 5.03 Å². The van der Waals surface area contributed by atoms with Crippen molar-refractivity contribution in [1.82, 2.24) is 14.9 Å². The van der Waals surface area contributed by atoms with Crippen molar-refractivity contribution >= 4 is 10.0 Å². The molecule has 1 unspecified atom stereocenters. The monoisotopic (exact) mass is 245 g/mol. The molecule has 0 saturated carbocycles. The molecule has 2 heterocycles. The number of nitrogens with one attached hydrogen (secondary N) is 2. The van der Waals surface area contributed by atoms with Gasteiger partial charge in [-0.1, -0.05) is 0 Å². The number of hydrogen-bond donors (Lipinski definition) is 2. The molecule has 90 valence electrons. The first-order valence-electron chi connectivity index (χ1n) is 5.25. The van der Waals surface area contributed by atoms with Crippen LogP contribution in [0.3, 0.4) is 0 Å². The molecular weight excluding hydrogens is 230 g/mol. The molecule has 1 aromatic heterocycles. The quantitative estimate of drug-likeness (QED) is 0.771. The summed E-state index contributed by atoms with van der Waals surface area (Å²) in [6, 6.07) is 1.43. The molecule has 0 aromatic carbocycles. The van der Waals surface area contributed by atoms with Gasteiger partial charge in [-0.25, -0.2) is 13.1 Å². The van der Waals surface area contributed by atoms with E-state index in [1.807, 2.05) is 0 Å². The molecule has 1 aromatic rings. The summed E-state index contributed by atoms with van der Waals surface area (Å²) in [5.41, 5.74) is 0. The highest BCUT2D eigenvalue weighted by Gasteiger charge is 2.18. The third kappa shape index (κ3) is 2.81. The third-order valence-corrected chi connectivity index (χ3v) is 4.02. The molecule has 6 nitrogen and oxygen atoms in total. The second kappa shape index (κ2) is 4.94. The fourth-order valence-corrected chi connectivity index (χ4v) is 2.63. The fraction of sp³-hybridized carbons (Fsp3) is 0.667. The average Bonchev–Trinajstić information content (AvgIpc) is 2.90. The third-order valence-electron chi connectivity index (χ3n) is 2.63. The molecule has 0 amide bonds. The Morgan fingerprint density at radius 3 is 3.12 bits per heavy atom. The number of sulfonamides is 1. The highest BCUT2D eigenvalue weighted by molar-refractivity contribution is 7.89. The van der Waals surface area contributed by atoms with Gasteiger partial charge in [0.15, 0.2) is 5.03 Å². The van der Waals surface area contributed by atoms with Crippen molar-refractivity contribution in [3.05, 3.63) is 12.3 Å². The summed E-state index contributed by atoms with van der Waals surface area (Å²) in [6.45, 7) is 1.97. The second-order valence-electron chi connectivity index (χ2n) is 3.84. The summed E-state index contributed by atoms with van der Waals surface area (Å²) in [7, 11) is -3.42. The lowest BCUT2D eigenvalue weighted by molar-refractivity contribution is 0.184. The zero-order chi connectivity index (χ0) is 11.4. The highest BCUT2D eigenvalue weighted by atomic mass is 32.2. The van der Waals surface area contributed by atoms with Crippen LogP contribution in [0.2, 0.25) is 0 Å². The molecule has 0 aliphatic carbocycles. The van der Waals surface area contributed by atoms with Gasteiger partial charge in [0, 0.05) is 19.8 Å². The molecule has 1 atom stereocenters. The van der Waals surface area contributed by atoms with E-state index in [4.69, 9.17) is 4.74 Å². The van der Waals surface area contributed by atoms with Crippen molar-refractivity contribution in [1.29, 1.82) is 0 Å². The molecule has 16 heavy (non-hydrogen) atoms. The van der Waals surface area contributed by atoms with Gasteiger partial charge in [-0.3, -0.25) is 5.10 Å². The maximum Gasteiger partial charge on any atom is 0.257 e. The Hall–Kier alpha value is -0.920. The van der Waals surface area contributed by atoms with Crippen LogP contribution in [0, 0.1) is 5.92 Å². The van der Waals surface area contributed by atoms with Crippen molar-refractivity contribution in [2.45, 2.75) is 17.9 Å².